The molecule has 2 heterocycles. The second-order valence-electron chi connectivity index (χ2n) is 7.66. The lowest BCUT2D eigenvalue weighted by Crippen LogP contribution is -2.32. The minimum atomic E-state index is -0.306. The van der Waals surface area contributed by atoms with Crippen molar-refractivity contribution in [3.8, 4) is 17.2 Å². The molecule has 4 rings (SSSR count). The molecule has 0 aliphatic carbocycles. The van der Waals surface area contributed by atoms with E-state index in [4.69, 9.17) is 18.6 Å². The molecule has 158 valence electrons. The minimum Gasteiger partial charge on any atom is -0.493 e. The molecule has 0 radical (unpaired) electrons. The van der Waals surface area contributed by atoms with Crippen molar-refractivity contribution in [3.63, 3.8) is 0 Å². The zero-order valence-electron chi connectivity index (χ0n) is 17.9. The molecule has 1 aliphatic rings. The number of benzene rings is 2. The van der Waals surface area contributed by atoms with Gasteiger partial charge in [0.15, 0.2) is 11.5 Å². The number of rotatable bonds is 6. The summed E-state index contributed by atoms with van der Waals surface area (Å²) in [5.41, 5.74) is 4.49. The summed E-state index contributed by atoms with van der Waals surface area (Å²) in [7, 11) is 3.27. The average molecular weight is 409 g/mol. The van der Waals surface area contributed by atoms with Crippen molar-refractivity contribution in [2.24, 2.45) is 0 Å². The summed E-state index contributed by atoms with van der Waals surface area (Å²) in [5.74, 6) is 2.26. The van der Waals surface area contributed by atoms with Crippen molar-refractivity contribution in [2.45, 2.75) is 39.8 Å². The summed E-state index contributed by atoms with van der Waals surface area (Å²) in [4.78, 5) is 14.2. The van der Waals surface area contributed by atoms with Gasteiger partial charge in [-0.2, -0.15) is 0 Å². The molecule has 1 aliphatic heterocycles. The number of methoxy groups -OCH3 is 2. The smallest absolute Gasteiger partial charge is 0.336 e. The van der Waals surface area contributed by atoms with Crippen LogP contribution >= 0.6 is 0 Å². The first-order chi connectivity index (χ1) is 14.5. The van der Waals surface area contributed by atoms with Gasteiger partial charge < -0.3 is 18.6 Å². The zero-order valence-corrected chi connectivity index (χ0v) is 17.9. The summed E-state index contributed by atoms with van der Waals surface area (Å²) < 4.78 is 22.4. The molecule has 2 aromatic carbocycles. The van der Waals surface area contributed by atoms with Crippen LogP contribution in [-0.2, 0) is 19.5 Å². The first kappa shape index (κ1) is 20.3. The number of ether oxygens (including phenoxy) is 3. The molecule has 0 spiro atoms. The van der Waals surface area contributed by atoms with Crippen LogP contribution in [0.5, 0.6) is 17.2 Å². The van der Waals surface area contributed by atoms with Gasteiger partial charge in [-0.3, -0.25) is 4.90 Å². The third kappa shape index (κ3) is 3.75. The highest BCUT2D eigenvalue weighted by molar-refractivity contribution is 5.86. The van der Waals surface area contributed by atoms with Gasteiger partial charge in [-0.05, 0) is 42.7 Å². The molecular formula is C24H27NO5. The maximum Gasteiger partial charge on any atom is 0.336 e. The number of hydrogen-bond acceptors (Lipinski definition) is 6. The van der Waals surface area contributed by atoms with Crippen LogP contribution in [0, 0.1) is 6.92 Å². The van der Waals surface area contributed by atoms with Crippen molar-refractivity contribution in [2.75, 3.05) is 21.0 Å². The van der Waals surface area contributed by atoms with Crippen molar-refractivity contribution in [1.29, 1.82) is 0 Å². The fourth-order valence-corrected chi connectivity index (χ4v) is 4.15. The topological polar surface area (TPSA) is 61.1 Å². The fraction of sp³-hybridized carbons (Fsp3) is 0.375. The normalized spacial score (nSPS) is 13.7. The summed E-state index contributed by atoms with van der Waals surface area (Å²) in [6.45, 7) is 6.02. The Bertz CT molecular complexity index is 1130. The van der Waals surface area contributed by atoms with E-state index in [0.717, 1.165) is 65.1 Å². The molecule has 0 atom stereocenters. The molecule has 0 amide bonds. The van der Waals surface area contributed by atoms with E-state index in [1.807, 2.05) is 25.1 Å². The SMILES string of the molecule is CCCc1cc(=O)oc2c(C)c3c(cc12)CN(Cc1ccc(OC)c(OC)c1)CO3. The van der Waals surface area contributed by atoms with E-state index in [0.29, 0.717) is 18.1 Å². The van der Waals surface area contributed by atoms with Crippen LogP contribution in [0.4, 0.5) is 0 Å². The number of nitrogens with zero attached hydrogens (tertiary/aromatic N) is 1. The molecule has 6 nitrogen and oxygen atoms in total. The Hall–Kier alpha value is -2.99. The van der Waals surface area contributed by atoms with Crippen molar-refractivity contribution >= 4 is 11.0 Å². The van der Waals surface area contributed by atoms with E-state index in [2.05, 4.69) is 17.9 Å². The Morgan fingerprint density at radius 2 is 1.90 bits per heavy atom. The van der Waals surface area contributed by atoms with E-state index in [1.165, 1.54) is 0 Å². The molecule has 3 aromatic rings. The third-order valence-electron chi connectivity index (χ3n) is 5.54. The predicted octanol–water partition coefficient (Wildman–Crippen LogP) is 4.42. The summed E-state index contributed by atoms with van der Waals surface area (Å²) in [6.07, 6.45) is 1.81. The predicted molar refractivity (Wildman–Crippen MR) is 116 cm³/mol. The molecule has 0 bridgehead atoms. The van der Waals surface area contributed by atoms with Crippen molar-refractivity contribution in [1.82, 2.24) is 4.90 Å². The molecule has 0 saturated carbocycles. The Kier molecular flexibility index (Phi) is 5.68. The fourth-order valence-electron chi connectivity index (χ4n) is 4.15. The quantitative estimate of drug-likeness (QED) is 0.562. The Balaban J connectivity index is 1.65. The van der Waals surface area contributed by atoms with E-state index in [1.54, 1.807) is 20.3 Å². The van der Waals surface area contributed by atoms with Gasteiger partial charge in [0.25, 0.3) is 0 Å². The average Bonchev–Trinajstić information content (AvgIpc) is 2.74. The number of aryl methyl sites for hydroxylation is 2. The lowest BCUT2D eigenvalue weighted by atomic mass is 9.98. The van der Waals surface area contributed by atoms with Gasteiger partial charge in [0.05, 0.1) is 14.2 Å². The van der Waals surface area contributed by atoms with Crippen molar-refractivity contribution < 1.29 is 18.6 Å². The molecule has 0 saturated heterocycles. The van der Waals surface area contributed by atoms with E-state index >= 15 is 0 Å². The Morgan fingerprint density at radius 1 is 1.10 bits per heavy atom. The molecule has 0 unspecified atom stereocenters. The van der Waals surface area contributed by atoms with E-state index in [-0.39, 0.29) is 5.63 Å². The molecule has 6 heteroatoms. The lowest BCUT2D eigenvalue weighted by Gasteiger charge is -2.30. The largest absolute Gasteiger partial charge is 0.493 e. The molecular weight excluding hydrogens is 382 g/mol. The summed E-state index contributed by atoms with van der Waals surface area (Å²) >= 11 is 0. The van der Waals surface area contributed by atoms with E-state index in [9.17, 15) is 4.79 Å². The van der Waals surface area contributed by atoms with Gasteiger partial charge >= 0.3 is 5.63 Å². The molecule has 0 fully saturated rings. The second kappa shape index (κ2) is 8.40. The first-order valence-corrected chi connectivity index (χ1v) is 10.2. The molecule has 30 heavy (non-hydrogen) atoms. The lowest BCUT2D eigenvalue weighted by molar-refractivity contribution is 0.0880. The first-order valence-electron chi connectivity index (χ1n) is 10.2. The zero-order chi connectivity index (χ0) is 21.3. The Morgan fingerprint density at radius 3 is 2.63 bits per heavy atom. The van der Waals surface area contributed by atoms with Crippen LogP contribution in [0.1, 0.15) is 35.6 Å². The van der Waals surface area contributed by atoms with Crippen LogP contribution in [0.25, 0.3) is 11.0 Å². The van der Waals surface area contributed by atoms with E-state index < -0.39 is 0 Å². The van der Waals surface area contributed by atoms with Gasteiger partial charge in [-0.15, -0.1) is 0 Å². The maximum absolute atomic E-state index is 12.0. The minimum absolute atomic E-state index is 0.306. The highest BCUT2D eigenvalue weighted by atomic mass is 16.5. The highest BCUT2D eigenvalue weighted by Crippen LogP contribution is 2.36. The second-order valence-corrected chi connectivity index (χ2v) is 7.66. The number of fused-ring (bicyclic) bond motifs is 2. The highest BCUT2D eigenvalue weighted by Gasteiger charge is 2.23. The van der Waals surface area contributed by atoms with Gasteiger partial charge in [0.2, 0.25) is 0 Å². The molecule has 1 aromatic heterocycles. The van der Waals surface area contributed by atoms with Crippen LogP contribution in [0.3, 0.4) is 0 Å². The van der Waals surface area contributed by atoms with Crippen LogP contribution < -0.4 is 19.8 Å². The van der Waals surface area contributed by atoms with Crippen LogP contribution in [0.2, 0.25) is 0 Å². The van der Waals surface area contributed by atoms with Crippen molar-refractivity contribution in [3.05, 3.63) is 63.0 Å². The summed E-state index contributed by atoms with van der Waals surface area (Å²) in [6, 6.07) is 9.68. The summed E-state index contributed by atoms with van der Waals surface area (Å²) in [5, 5.41) is 1.00. The third-order valence-corrected chi connectivity index (χ3v) is 5.54. The van der Waals surface area contributed by atoms with Gasteiger partial charge in [0.1, 0.15) is 18.1 Å². The van der Waals surface area contributed by atoms with Gasteiger partial charge in [-0.25, -0.2) is 4.79 Å². The number of hydrogen-bond donors (Lipinski definition) is 0. The van der Waals surface area contributed by atoms with Gasteiger partial charge in [-0.1, -0.05) is 19.4 Å². The van der Waals surface area contributed by atoms with Gasteiger partial charge in [0, 0.05) is 35.7 Å². The Labute approximate surface area is 176 Å². The maximum atomic E-state index is 12.0. The monoisotopic (exact) mass is 409 g/mol. The standard InChI is InChI=1S/C24H27NO5/c1-5-6-17-11-22(26)30-24-15(2)23-18(10-19(17)24)13-25(14-29-23)12-16-7-8-20(27-3)21(9-16)28-4/h7-11H,5-6,12-14H2,1-4H3. The van der Waals surface area contributed by atoms with Crippen LogP contribution in [-0.4, -0.2) is 25.9 Å². The van der Waals surface area contributed by atoms with Crippen LogP contribution in [0.15, 0.2) is 39.5 Å². The molecule has 0 N–H and O–H groups in total.